The lowest BCUT2D eigenvalue weighted by Crippen LogP contribution is -2.49. The van der Waals surface area contributed by atoms with Gasteiger partial charge in [0, 0.05) is 68.5 Å². The van der Waals surface area contributed by atoms with Crippen molar-refractivity contribution in [3.8, 4) is 28.7 Å². The zero-order valence-electron chi connectivity index (χ0n) is 25.5. The topological polar surface area (TPSA) is 126 Å². The zero-order chi connectivity index (χ0) is 31.3. The van der Waals surface area contributed by atoms with E-state index in [2.05, 4.69) is 26.3 Å². The molecule has 43 heavy (non-hydrogen) atoms. The molecule has 228 valence electrons. The summed E-state index contributed by atoms with van der Waals surface area (Å²) < 4.78 is 12.5. The summed E-state index contributed by atoms with van der Waals surface area (Å²) in [5, 5.41) is 13.5. The zero-order valence-corrected chi connectivity index (χ0v) is 26.3. The number of nitrogens with one attached hydrogen (secondary N) is 1. The summed E-state index contributed by atoms with van der Waals surface area (Å²) in [6.07, 6.45) is 4.09. The maximum absolute atomic E-state index is 14.0. The third-order valence-corrected chi connectivity index (χ3v) is 7.64. The quantitative estimate of drug-likeness (QED) is 0.281. The molecule has 1 N–H and O–H groups in total. The highest BCUT2D eigenvalue weighted by molar-refractivity contribution is 6.35. The number of nitriles is 1. The molecule has 0 bridgehead atoms. The van der Waals surface area contributed by atoms with Gasteiger partial charge in [0.2, 0.25) is 5.95 Å². The number of allylic oxidation sites excluding steroid dienone is 1. The Balaban J connectivity index is 1.55. The molecule has 0 saturated carbocycles. The summed E-state index contributed by atoms with van der Waals surface area (Å²) in [4.78, 5) is 39.8. The van der Waals surface area contributed by atoms with Crippen molar-refractivity contribution in [2.75, 3.05) is 59.3 Å². The Bertz CT molecular complexity index is 1630. The summed E-state index contributed by atoms with van der Waals surface area (Å²) in [7, 11) is 4.78. The fourth-order valence-electron chi connectivity index (χ4n) is 5.09. The van der Waals surface area contributed by atoms with E-state index in [1.165, 1.54) is 7.11 Å². The van der Waals surface area contributed by atoms with Crippen molar-refractivity contribution in [1.82, 2.24) is 24.3 Å². The number of ether oxygens (including phenoxy) is 2. The number of halogens is 1. The molecule has 1 aromatic carbocycles. The summed E-state index contributed by atoms with van der Waals surface area (Å²) in [6.45, 7) is 9.47. The smallest absolute Gasteiger partial charge is 0.264 e. The van der Waals surface area contributed by atoms with Gasteiger partial charge in [0.1, 0.15) is 28.8 Å². The van der Waals surface area contributed by atoms with E-state index in [0.29, 0.717) is 83.8 Å². The third-order valence-electron chi connectivity index (χ3n) is 7.25. The highest BCUT2D eigenvalue weighted by atomic mass is 35.5. The molecule has 1 amide bonds. The van der Waals surface area contributed by atoms with Crippen LogP contribution in [0, 0.1) is 16.7 Å². The average molecular weight is 608 g/mol. The molecule has 3 heterocycles. The summed E-state index contributed by atoms with van der Waals surface area (Å²) in [5.41, 5.74) is 1.09. The van der Waals surface area contributed by atoms with Gasteiger partial charge in [-0.05, 0) is 30.5 Å². The van der Waals surface area contributed by atoms with Gasteiger partial charge in [-0.2, -0.15) is 10.2 Å². The minimum atomic E-state index is -0.259. The van der Waals surface area contributed by atoms with Crippen LogP contribution in [0.15, 0.2) is 40.8 Å². The molecule has 2 aromatic heterocycles. The van der Waals surface area contributed by atoms with Crippen molar-refractivity contribution >= 4 is 34.5 Å². The molecule has 3 aromatic rings. The van der Waals surface area contributed by atoms with Crippen molar-refractivity contribution in [3.05, 3.63) is 51.4 Å². The van der Waals surface area contributed by atoms with Crippen molar-refractivity contribution in [2.24, 2.45) is 5.41 Å². The number of fused-ring (bicyclic) bond motifs is 1. The van der Waals surface area contributed by atoms with Crippen LogP contribution in [0.25, 0.3) is 22.2 Å². The van der Waals surface area contributed by atoms with Gasteiger partial charge in [0.25, 0.3) is 11.5 Å². The number of hydrogen-bond acceptors (Lipinski definition) is 9. The average Bonchev–Trinajstić information content (AvgIpc) is 3.00. The fraction of sp³-hybridized carbons (Fsp3) is 0.452. The van der Waals surface area contributed by atoms with Gasteiger partial charge in [0.05, 0.1) is 19.2 Å². The van der Waals surface area contributed by atoms with E-state index in [9.17, 15) is 14.9 Å². The molecule has 4 rings (SSSR count). The van der Waals surface area contributed by atoms with E-state index in [4.69, 9.17) is 21.1 Å². The van der Waals surface area contributed by atoms with E-state index in [-0.39, 0.29) is 22.5 Å². The number of anilines is 1. The summed E-state index contributed by atoms with van der Waals surface area (Å²) >= 11 is 6.67. The van der Waals surface area contributed by atoms with E-state index >= 15 is 0 Å². The first-order chi connectivity index (χ1) is 20.5. The minimum absolute atomic E-state index is 0.184. The number of hydrogen-bond donors (Lipinski definition) is 1. The van der Waals surface area contributed by atoms with Crippen molar-refractivity contribution < 1.29 is 14.3 Å². The Hall–Kier alpha value is -4.14. The molecule has 0 radical (unpaired) electrons. The van der Waals surface area contributed by atoms with Crippen molar-refractivity contribution in [1.29, 1.82) is 5.26 Å². The van der Waals surface area contributed by atoms with Crippen LogP contribution in [0.2, 0.25) is 5.02 Å². The van der Waals surface area contributed by atoms with Crippen LogP contribution in [0.3, 0.4) is 0 Å². The lowest BCUT2D eigenvalue weighted by Gasteiger charge is -2.34. The Morgan fingerprint density at radius 3 is 2.44 bits per heavy atom. The van der Waals surface area contributed by atoms with Gasteiger partial charge in [0.15, 0.2) is 0 Å². The largest absolute Gasteiger partial charge is 0.497 e. The predicted octanol–water partition coefficient (Wildman–Crippen LogP) is 4.20. The van der Waals surface area contributed by atoms with Crippen LogP contribution in [0.5, 0.6) is 11.5 Å². The number of rotatable bonds is 9. The van der Waals surface area contributed by atoms with Gasteiger partial charge in [-0.25, -0.2) is 4.98 Å². The molecule has 1 fully saturated rings. The minimum Gasteiger partial charge on any atom is -0.497 e. The first-order valence-corrected chi connectivity index (χ1v) is 14.5. The van der Waals surface area contributed by atoms with E-state index in [0.717, 1.165) is 6.54 Å². The number of pyridine rings is 1. The number of nitrogens with zero attached hydrogens (tertiary/aromatic N) is 6. The number of aryl methyl sites for hydroxylation is 1. The summed E-state index contributed by atoms with van der Waals surface area (Å²) in [5.74, 6) is 1.10. The highest BCUT2D eigenvalue weighted by Gasteiger charge is 2.25. The highest BCUT2D eigenvalue weighted by Crippen LogP contribution is 2.38. The maximum Gasteiger partial charge on any atom is 0.264 e. The Morgan fingerprint density at radius 1 is 1.12 bits per heavy atom. The SMILES string of the molecule is CNc1ncc2cc(-c3cc(OC)cc(OC)c3Cl)c(=O)n(CCCN3CCN(C(=O)C(C#N)=CC(C)(C)C)CC3)c2n1. The fourth-order valence-corrected chi connectivity index (χ4v) is 5.38. The molecule has 0 atom stereocenters. The van der Waals surface area contributed by atoms with E-state index < -0.39 is 0 Å². The van der Waals surface area contributed by atoms with Crippen LogP contribution < -0.4 is 20.3 Å². The molecule has 1 aliphatic heterocycles. The van der Waals surface area contributed by atoms with Gasteiger partial charge in [-0.1, -0.05) is 38.4 Å². The molecule has 1 aliphatic rings. The lowest BCUT2D eigenvalue weighted by molar-refractivity contribution is -0.128. The van der Waals surface area contributed by atoms with Gasteiger partial charge in [-0.15, -0.1) is 0 Å². The van der Waals surface area contributed by atoms with Crippen molar-refractivity contribution in [3.63, 3.8) is 0 Å². The first-order valence-electron chi connectivity index (χ1n) is 14.1. The number of amides is 1. The van der Waals surface area contributed by atoms with Gasteiger partial charge < -0.3 is 19.7 Å². The lowest BCUT2D eigenvalue weighted by atomic mass is 9.93. The third kappa shape index (κ3) is 7.27. The van der Waals surface area contributed by atoms with E-state index in [1.54, 1.807) is 54.1 Å². The van der Waals surface area contributed by atoms with Crippen molar-refractivity contribution in [2.45, 2.75) is 33.7 Å². The number of piperazine rings is 1. The number of carbonyl (C=O) groups excluding carboxylic acids is 1. The number of carbonyl (C=O) groups is 1. The van der Waals surface area contributed by atoms with E-state index in [1.807, 2.05) is 20.8 Å². The Kier molecular flexibility index (Phi) is 9.94. The monoisotopic (exact) mass is 607 g/mol. The molecule has 0 unspecified atom stereocenters. The first kappa shape index (κ1) is 31.8. The molecular formula is C31H38ClN7O4. The number of benzene rings is 1. The molecule has 1 saturated heterocycles. The van der Waals surface area contributed by atoms with Crippen LogP contribution in [0.1, 0.15) is 27.2 Å². The van der Waals surface area contributed by atoms with Crippen LogP contribution >= 0.6 is 11.6 Å². The normalized spacial score (nSPS) is 14.5. The number of aromatic nitrogens is 3. The van der Waals surface area contributed by atoms with Crippen LogP contribution in [-0.4, -0.2) is 84.2 Å². The molecule has 0 spiro atoms. The van der Waals surface area contributed by atoms with Crippen LogP contribution in [-0.2, 0) is 11.3 Å². The van der Waals surface area contributed by atoms with Gasteiger partial charge in [-0.3, -0.25) is 19.1 Å². The number of methoxy groups -OCH3 is 2. The second-order valence-electron chi connectivity index (χ2n) is 11.5. The molecular weight excluding hydrogens is 570 g/mol. The predicted molar refractivity (Wildman–Crippen MR) is 168 cm³/mol. The molecule has 11 nitrogen and oxygen atoms in total. The standard InChI is InChI=1S/C31H38ClN7O4/c1-31(2,3)17-21(18-33)28(40)38-12-10-37(11-13-38)8-7-9-39-27-20(19-35-30(34-4)36-27)14-24(29(39)41)23-15-22(42-5)16-25(43-6)26(23)32/h14-17,19H,7-13H2,1-6H3,(H,34,35,36). The molecule has 12 heteroatoms. The molecule has 0 aliphatic carbocycles. The van der Waals surface area contributed by atoms with Gasteiger partial charge >= 0.3 is 0 Å². The maximum atomic E-state index is 14.0. The Morgan fingerprint density at radius 2 is 1.84 bits per heavy atom. The Labute approximate surface area is 256 Å². The van der Waals surface area contributed by atoms with Crippen LogP contribution in [0.4, 0.5) is 5.95 Å². The second kappa shape index (κ2) is 13.4. The summed E-state index contributed by atoms with van der Waals surface area (Å²) in [6, 6.07) is 7.20. The second-order valence-corrected chi connectivity index (χ2v) is 11.8.